The third-order valence-electron chi connectivity index (χ3n) is 4.42. The molecular weight excluding hydrogens is 384 g/mol. The van der Waals surface area contributed by atoms with Crippen molar-refractivity contribution in [2.45, 2.75) is 19.5 Å². The summed E-state index contributed by atoms with van der Waals surface area (Å²) in [4.78, 5) is 27.2. The Morgan fingerprint density at radius 1 is 0.581 bits per heavy atom. The number of pyridine rings is 4. The Morgan fingerprint density at radius 3 is 1.45 bits per heavy atom. The van der Waals surface area contributed by atoms with Gasteiger partial charge in [0.15, 0.2) is 0 Å². The zero-order valence-corrected chi connectivity index (χ0v) is 17.4. The fraction of sp³-hybridized carbons (Fsp3) is 0.120. The topological polar surface area (TPSA) is 76.3 Å². The summed E-state index contributed by atoms with van der Waals surface area (Å²) >= 11 is 0. The first-order valence-electron chi connectivity index (χ1n) is 9.96. The largest absolute Gasteiger partial charge is 0.262 e. The quantitative estimate of drug-likeness (QED) is 0.428. The molecule has 4 aromatic heterocycles. The van der Waals surface area contributed by atoms with Crippen LogP contribution in [0.5, 0.6) is 0 Å². The van der Waals surface area contributed by atoms with E-state index in [0.29, 0.717) is 0 Å². The average molecular weight is 406 g/mol. The van der Waals surface area contributed by atoms with Crippen molar-refractivity contribution in [3.63, 3.8) is 0 Å². The van der Waals surface area contributed by atoms with Crippen LogP contribution in [0.3, 0.4) is 0 Å². The number of aromatic nitrogens is 4. The molecule has 0 N–H and O–H groups in total. The zero-order chi connectivity index (χ0) is 21.5. The first-order chi connectivity index (χ1) is 15.1. The Labute approximate surface area is 181 Å². The van der Waals surface area contributed by atoms with Gasteiger partial charge in [-0.3, -0.25) is 20.0 Å². The maximum Gasteiger partial charge on any atom is 0.144 e. The van der Waals surface area contributed by atoms with Gasteiger partial charge in [-0.15, -0.1) is 0 Å². The summed E-state index contributed by atoms with van der Waals surface area (Å²) in [6, 6.07) is 23.1. The predicted molar refractivity (Wildman–Crippen MR) is 124 cm³/mol. The Kier molecular flexibility index (Phi) is 5.98. The van der Waals surface area contributed by atoms with E-state index in [9.17, 15) is 0 Å². The summed E-state index contributed by atoms with van der Waals surface area (Å²) in [7, 11) is 0. The second kappa shape index (κ2) is 9.17. The molecule has 0 saturated heterocycles. The van der Waals surface area contributed by atoms with E-state index in [0.717, 1.165) is 34.2 Å². The molecule has 4 rings (SSSR count). The van der Waals surface area contributed by atoms with Gasteiger partial charge in [-0.1, -0.05) is 24.3 Å². The highest BCUT2D eigenvalue weighted by Gasteiger charge is 2.12. The molecule has 0 aliphatic rings. The molecule has 0 aliphatic carbocycles. The summed E-state index contributed by atoms with van der Waals surface area (Å²) in [6.07, 6.45) is 6.99. The molecule has 6 heteroatoms. The Bertz CT molecular complexity index is 1110. The maximum atomic E-state index is 4.63. The van der Waals surface area contributed by atoms with E-state index < -0.39 is 5.66 Å². The van der Waals surface area contributed by atoms with E-state index >= 15 is 0 Å². The molecule has 4 aromatic rings. The monoisotopic (exact) mass is 406 g/mol. The fourth-order valence-corrected chi connectivity index (χ4v) is 2.84. The van der Waals surface area contributed by atoms with E-state index in [1.54, 1.807) is 24.8 Å². The number of hydrogen-bond acceptors (Lipinski definition) is 6. The second-order valence-corrected chi connectivity index (χ2v) is 7.34. The molecule has 4 heterocycles. The molecule has 0 radical (unpaired) electrons. The van der Waals surface area contributed by atoms with Crippen LogP contribution < -0.4 is 0 Å². The van der Waals surface area contributed by atoms with Crippen molar-refractivity contribution in [3.8, 4) is 22.8 Å². The highest BCUT2D eigenvalue weighted by molar-refractivity contribution is 5.80. The number of rotatable bonds is 6. The molecule has 0 unspecified atom stereocenters. The van der Waals surface area contributed by atoms with Crippen molar-refractivity contribution in [2.75, 3.05) is 0 Å². The minimum atomic E-state index is -0.661. The third-order valence-corrected chi connectivity index (χ3v) is 4.42. The smallest absolute Gasteiger partial charge is 0.144 e. The number of aliphatic imine (C=N–C) groups is 2. The minimum absolute atomic E-state index is 0.661. The molecule has 0 amide bonds. The minimum Gasteiger partial charge on any atom is -0.262 e. The highest BCUT2D eigenvalue weighted by Crippen LogP contribution is 2.16. The highest BCUT2D eigenvalue weighted by atomic mass is 15.1. The Hall–Kier alpha value is -4.06. The number of hydrogen-bond donors (Lipinski definition) is 0. The molecular formula is C25H22N6. The molecule has 152 valence electrons. The van der Waals surface area contributed by atoms with Crippen LogP contribution in [-0.2, 0) is 0 Å². The lowest BCUT2D eigenvalue weighted by Crippen LogP contribution is -2.14. The van der Waals surface area contributed by atoms with Gasteiger partial charge in [0.05, 0.1) is 34.2 Å². The van der Waals surface area contributed by atoms with E-state index in [4.69, 9.17) is 0 Å². The van der Waals surface area contributed by atoms with E-state index in [2.05, 4.69) is 29.9 Å². The van der Waals surface area contributed by atoms with E-state index in [-0.39, 0.29) is 0 Å². The molecule has 6 nitrogen and oxygen atoms in total. The van der Waals surface area contributed by atoms with Gasteiger partial charge < -0.3 is 0 Å². The Morgan fingerprint density at radius 2 is 1.03 bits per heavy atom. The van der Waals surface area contributed by atoms with Crippen LogP contribution in [0.4, 0.5) is 0 Å². The van der Waals surface area contributed by atoms with Gasteiger partial charge >= 0.3 is 0 Å². The average Bonchev–Trinajstić information content (AvgIpc) is 2.83. The van der Waals surface area contributed by atoms with E-state index in [1.165, 1.54) is 0 Å². The van der Waals surface area contributed by atoms with Crippen LogP contribution in [0.1, 0.15) is 25.2 Å². The predicted octanol–water partition coefficient (Wildman–Crippen LogP) is 4.87. The van der Waals surface area contributed by atoms with Gasteiger partial charge in [0.25, 0.3) is 0 Å². The van der Waals surface area contributed by atoms with Gasteiger partial charge in [0.2, 0.25) is 0 Å². The Balaban J connectivity index is 1.50. The van der Waals surface area contributed by atoms with Crippen LogP contribution >= 0.6 is 0 Å². The fourth-order valence-electron chi connectivity index (χ4n) is 2.84. The molecule has 0 aliphatic heterocycles. The van der Waals surface area contributed by atoms with Crippen LogP contribution in [0.15, 0.2) is 95.2 Å². The molecule has 31 heavy (non-hydrogen) atoms. The molecule has 0 bridgehead atoms. The van der Waals surface area contributed by atoms with Crippen LogP contribution in [-0.4, -0.2) is 38.0 Å². The first-order valence-corrected chi connectivity index (χ1v) is 9.96. The summed E-state index contributed by atoms with van der Waals surface area (Å²) < 4.78 is 0. The summed E-state index contributed by atoms with van der Waals surface area (Å²) in [5, 5.41) is 0. The zero-order valence-electron chi connectivity index (χ0n) is 17.4. The van der Waals surface area contributed by atoms with Crippen LogP contribution in [0.2, 0.25) is 0 Å². The van der Waals surface area contributed by atoms with Gasteiger partial charge in [-0.25, -0.2) is 9.97 Å². The van der Waals surface area contributed by atoms with Gasteiger partial charge in [-0.2, -0.15) is 0 Å². The molecule has 0 saturated carbocycles. The molecule has 0 spiro atoms. The van der Waals surface area contributed by atoms with Gasteiger partial charge in [0, 0.05) is 24.8 Å². The second-order valence-electron chi connectivity index (χ2n) is 7.34. The summed E-state index contributed by atoms with van der Waals surface area (Å²) in [5.74, 6) is 0. The standard InChI is InChI=1S/C25H22N6/c1-25(2,28-17-19-9-7-13-23(30-19)21-11-3-5-15-26-21)29-18-20-10-8-14-24(31-20)22-12-4-6-16-27-22/h3-18H,1-2H3/b28-17+,29-18+. The van der Waals surface area contributed by atoms with Crippen molar-refractivity contribution < 1.29 is 0 Å². The lowest BCUT2D eigenvalue weighted by molar-refractivity contribution is 0.559. The normalized spacial score (nSPS) is 11.9. The van der Waals surface area contributed by atoms with Crippen molar-refractivity contribution in [2.24, 2.45) is 9.98 Å². The summed E-state index contributed by atoms with van der Waals surface area (Å²) in [5.41, 5.74) is 4.11. The third kappa shape index (κ3) is 5.51. The molecule has 0 fully saturated rings. The van der Waals surface area contributed by atoms with Gasteiger partial charge in [-0.05, 0) is 62.4 Å². The van der Waals surface area contributed by atoms with Crippen molar-refractivity contribution in [3.05, 3.63) is 96.6 Å². The van der Waals surface area contributed by atoms with Crippen molar-refractivity contribution in [1.82, 2.24) is 19.9 Å². The maximum absolute atomic E-state index is 4.63. The molecule has 0 atom stereocenters. The van der Waals surface area contributed by atoms with Crippen LogP contribution in [0.25, 0.3) is 22.8 Å². The SMILES string of the molecule is CC(C)(/N=C/c1cccc(-c2ccccn2)n1)/N=C/c1cccc(-c2ccccn2)n1. The van der Waals surface area contributed by atoms with Crippen LogP contribution in [0, 0.1) is 0 Å². The first kappa shape index (κ1) is 20.2. The lowest BCUT2D eigenvalue weighted by Gasteiger charge is -2.13. The number of nitrogens with zero attached hydrogens (tertiary/aromatic N) is 6. The van der Waals surface area contributed by atoms with E-state index in [1.807, 2.05) is 86.6 Å². The molecule has 0 aromatic carbocycles. The van der Waals surface area contributed by atoms with Gasteiger partial charge in [0.1, 0.15) is 5.66 Å². The summed E-state index contributed by atoms with van der Waals surface area (Å²) in [6.45, 7) is 3.87. The van der Waals surface area contributed by atoms with Crippen molar-refractivity contribution >= 4 is 12.4 Å². The lowest BCUT2D eigenvalue weighted by atomic mass is 10.2. The van der Waals surface area contributed by atoms with Crippen molar-refractivity contribution in [1.29, 1.82) is 0 Å².